The number of methoxy groups -OCH3 is 2. The Labute approximate surface area is 271 Å². The monoisotopic (exact) mass is 678 g/mol. The van der Waals surface area contributed by atoms with Gasteiger partial charge in [-0.3, -0.25) is 9.59 Å². The summed E-state index contributed by atoms with van der Waals surface area (Å²) in [6.45, 7) is 0. The van der Waals surface area contributed by atoms with Gasteiger partial charge in [0, 0.05) is 34.5 Å². The number of carbonyl (C=O) groups is 3. The van der Waals surface area contributed by atoms with Gasteiger partial charge in [0.15, 0.2) is 0 Å². The first-order chi connectivity index (χ1) is 20.5. The summed E-state index contributed by atoms with van der Waals surface area (Å²) < 4.78 is 10.6. The molecule has 8 nitrogen and oxygen atoms in total. The number of halogens is 4. The van der Waals surface area contributed by atoms with E-state index in [1.54, 1.807) is 42.5 Å². The summed E-state index contributed by atoms with van der Waals surface area (Å²) in [6.07, 6.45) is 0. The van der Waals surface area contributed by atoms with Crippen LogP contribution in [0.5, 0.6) is 11.5 Å². The van der Waals surface area contributed by atoms with Crippen molar-refractivity contribution in [2.24, 2.45) is 0 Å². The molecule has 0 saturated carbocycles. The first-order valence-corrected chi connectivity index (χ1v) is 14.7. The number of ether oxygens (including phenoxy) is 2. The quantitative estimate of drug-likeness (QED) is 0.0872. The smallest absolute Gasteiger partial charge is 0.338 e. The lowest BCUT2D eigenvalue weighted by atomic mass is 10.1. The fraction of sp³-hybridized carbons (Fsp3) is 0.100. The molecule has 0 spiro atoms. The van der Waals surface area contributed by atoms with E-state index in [1.807, 2.05) is 30.3 Å². The van der Waals surface area contributed by atoms with Crippen molar-refractivity contribution in [2.45, 2.75) is 10.1 Å². The number of thioether (sulfide) groups is 1. The molecule has 0 aliphatic heterocycles. The summed E-state index contributed by atoms with van der Waals surface area (Å²) in [5.41, 5.74) is 0.596. The van der Waals surface area contributed by atoms with Crippen LogP contribution in [0.3, 0.4) is 0 Å². The van der Waals surface area contributed by atoms with Crippen molar-refractivity contribution in [1.29, 1.82) is 0 Å². The van der Waals surface area contributed by atoms with Crippen LogP contribution >= 0.6 is 58.2 Å². The second kappa shape index (κ2) is 14.2. The third-order valence-electron chi connectivity index (χ3n) is 6.03. The zero-order chi connectivity index (χ0) is 31.3. The van der Waals surface area contributed by atoms with Crippen molar-refractivity contribution in [2.75, 3.05) is 24.9 Å². The van der Waals surface area contributed by atoms with E-state index in [0.717, 1.165) is 5.56 Å². The maximum atomic E-state index is 13.5. The second-order valence-corrected chi connectivity index (χ2v) is 11.5. The highest BCUT2D eigenvalue weighted by Crippen LogP contribution is 2.42. The third-order valence-corrected chi connectivity index (χ3v) is 9.10. The summed E-state index contributed by atoms with van der Waals surface area (Å²) in [4.78, 5) is 39.2. The second-order valence-electron chi connectivity index (χ2n) is 8.79. The number of carbonyl (C=O) groups excluding carboxylic acids is 2. The maximum absolute atomic E-state index is 13.5. The molecule has 13 heteroatoms. The lowest BCUT2D eigenvalue weighted by molar-refractivity contribution is -0.115. The number of hydrogen-bond donors (Lipinski definition) is 3. The lowest BCUT2D eigenvalue weighted by Gasteiger charge is -2.18. The number of amides is 2. The van der Waals surface area contributed by atoms with Gasteiger partial charge in [-0.2, -0.15) is 0 Å². The molecule has 0 radical (unpaired) electrons. The highest BCUT2D eigenvalue weighted by atomic mass is 35.5. The average molecular weight is 680 g/mol. The number of anilines is 2. The van der Waals surface area contributed by atoms with Crippen LogP contribution in [0, 0.1) is 0 Å². The molecule has 4 aromatic rings. The van der Waals surface area contributed by atoms with Crippen LogP contribution in [0.1, 0.15) is 31.5 Å². The van der Waals surface area contributed by atoms with Gasteiger partial charge in [-0.1, -0.05) is 76.7 Å². The highest BCUT2D eigenvalue weighted by molar-refractivity contribution is 8.00. The van der Waals surface area contributed by atoms with Crippen LogP contribution in [0.4, 0.5) is 11.4 Å². The minimum absolute atomic E-state index is 0.243. The summed E-state index contributed by atoms with van der Waals surface area (Å²) in [6, 6.07) is 20.9. The zero-order valence-corrected chi connectivity index (χ0v) is 26.3. The molecule has 1 atom stereocenters. The summed E-state index contributed by atoms with van der Waals surface area (Å²) >= 11 is 25.6. The Morgan fingerprint density at radius 3 is 1.81 bits per heavy atom. The molecule has 0 aromatic heterocycles. The molecule has 0 aliphatic carbocycles. The predicted octanol–water partition coefficient (Wildman–Crippen LogP) is 8.74. The van der Waals surface area contributed by atoms with Gasteiger partial charge < -0.3 is 25.2 Å². The van der Waals surface area contributed by atoms with E-state index in [0.29, 0.717) is 27.8 Å². The molecule has 0 heterocycles. The number of benzene rings is 4. The predicted molar refractivity (Wildman–Crippen MR) is 171 cm³/mol. The van der Waals surface area contributed by atoms with Gasteiger partial charge in [0.05, 0.1) is 45.4 Å². The first-order valence-electron chi connectivity index (χ1n) is 12.3. The molecule has 222 valence electrons. The van der Waals surface area contributed by atoms with Gasteiger partial charge in [-0.15, -0.1) is 11.8 Å². The normalized spacial score (nSPS) is 11.4. The number of nitrogens with one attached hydrogen (secondary N) is 2. The zero-order valence-electron chi connectivity index (χ0n) is 22.4. The van der Waals surface area contributed by atoms with Gasteiger partial charge in [0.2, 0.25) is 5.91 Å². The number of carboxylic acid groups (broad SMARTS) is 1. The van der Waals surface area contributed by atoms with Crippen LogP contribution in [0.15, 0.2) is 77.7 Å². The van der Waals surface area contributed by atoms with Gasteiger partial charge >= 0.3 is 5.97 Å². The Hall–Kier alpha value is -3.60. The Kier molecular flexibility index (Phi) is 10.7. The van der Waals surface area contributed by atoms with Crippen molar-refractivity contribution < 1.29 is 29.0 Å². The summed E-state index contributed by atoms with van der Waals surface area (Å²) in [5.74, 6) is -1.58. The van der Waals surface area contributed by atoms with E-state index in [-0.39, 0.29) is 21.0 Å². The van der Waals surface area contributed by atoms with Crippen LogP contribution in [-0.2, 0) is 4.79 Å². The molecular weight excluding hydrogens is 658 g/mol. The molecule has 4 rings (SSSR count). The fourth-order valence-electron chi connectivity index (χ4n) is 3.98. The van der Waals surface area contributed by atoms with E-state index >= 15 is 0 Å². The topological polar surface area (TPSA) is 114 Å². The van der Waals surface area contributed by atoms with Crippen molar-refractivity contribution in [1.82, 2.24) is 0 Å². The molecule has 3 N–H and O–H groups in total. The third kappa shape index (κ3) is 7.49. The van der Waals surface area contributed by atoms with Crippen LogP contribution < -0.4 is 20.1 Å². The molecule has 4 aromatic carbocycles. The Morgan fingerprint density at radius 2 is 1.28 bits per heavy atom. The molecule has 1 unspecified atom stereocenters. The molecule has 0 saturated heterocycles. The lowest BCUT2D eigenvalue weighted by Crippen LogP contribution is -2.19. The minimum atomic E-state index is -1.50. The van der Waals surface area contributed by atoms with Crippen molar-refractivity contribution in [3.8, 4) is 11.5 Å². The summed E-state index contributed by atoms with van der Waals surface area (Å²) in [7, 11) is 3.04. The molecule has 0 fully saturated rings. The van der Waals surface area contributed by atoms with E-state index in [9.17, 15) is 19.5 Å². The average Bonchev–Trinajstić information content (AvgIpc) is 3.01. The Morgan fingerprint density at radius 1 is 0.721 bits per heavy atom. The van der Waals surface area contributed by atoms with Crippen molar-refractivity contribution in [3.63, 3.8) is 0 Å². The number of carboxylic acids is 1. The standard InChI is InChI=1S/C30H22Cl4N2O6S/c1-41-18-12-17(13-19(14-18)42-2)36-29(38)27(15-6-4-3-5-7-15)43-20-10-8-16(9-11-20)35-28(37)21-22(30(39)40)24(32)26(34)25(33)23(21)31/h3-14,27H,1-2H3,(H,35,37)(H,36,38)(H,39,40). The van der Waals surface area contributed by atoms with Gasteiger partial charge in [0.1, 0.15) is 16.7 Å². The number of aromatic carboxylic acids is 1. The van der Waals surface area contributed by atoms with Crippen molar-refractivity contribution in [3.05, 3.63) is 110 Å². The van der Waals surface area contributed by atoms with E-state index in [1.165, 1.54) is 26.0 Å². The van der Waals surface area contributed by atoms with Crippen LogP contribution in [0.25, 0.3) is 0 Å². The van der Waals surface area contributed by atoms with Gasteiger partial charge in [0.25, 0.3) is 5.91 Å². The minimum Gasteiger partial charge on any atom is -0.497 e. The van der Waals surface area contributed by atoms with Crippen molar-refractivity contribution >= 4 is 87.3 Å². The fourth-order valence-corrected chi connectivity index (χ4v) is 6.02. The van der Waals surface area contributed by atoms with Crippen LogP contribution in [-0.4, -0.2) is 37.1 Å². The van der Waals surface area contributed by atoms with E-state index < -0.39 is 33.3 Å². The van der Waals surface area contributed by atoms with E-state index in [2.05, 4.69) is 10.6 Å². The first kappa shape index (κ1) is 32.3. The molecule has 43 heavy (non-hydrogen) atoms. The SMILES string of the molecule is COc1cc(NC(=O)C(Sc2ccc(NC(=O)c3c(Cl)c(Cl)c(Cl)c(Cl)c3C(=O)O)cc2)c2ccccc2)cc(OC)c1. The molecule has 2 amide bonds. The highest BCUT2D eigenvalue weighted by Gasteiger charge is 2.29. The van der Waals surface area contributed by atoms with Gasteiger partial charge in [-0.05, 0) is 29.8 Å². The Bertz CT molecular complexity index is 1660. The van der Waals surface area contributed by atoms with Crippen LogP contribution in [0.2, 0.25) is 20.1 Å². The Balaban J connectivity index is 1.57. The largest absolute Gasteiger partial charge is 0.497 e. The summed E-state index contributed by atoms with van der Waals surface area (Å²) in [5, 5.41) is 13.3. The number of rotatable bonds is 10. The molecular formula is C30H22Cl4N2O6S. The van der Waals surface area contributed by atoms with E-state index in [4.69, 9.17) is 55.9 Å². The molecule has 0 aliphatic rings. The molecule has 0 bridgehead atoms. The van der Waals surface area contributed by atoms with Gasteiger partial charge in [-0.25, -0.2) is 4.79 Å². The number of hydrogen-bond acceptors (Lipinski definition) is 6. The maximum Gasteiger partial charge on any atom is 0.338 e.